The number of hydrogen-bond acceptors (Lipinski definition) is 3. The summed E-state index contributed by atoms with van der Waals surface area (Å²) in [5, 5.41) is 3.63. The van der Waals surface area contributed by atoms with Crippen LogP contribution in [0, 0.1) is 5.82 Å². The Morgan fingerprint density at radius 1 is 0.968 bits per heavy atom. The quantitative estimate of drug-likeness (QED) is 0.767. The third kappa shape index (κ3) is 4.29. The van der Waals surface area contributed by atoms with Gasteiger partial charge in [-0.15, -0.1) is 0 Å². The van der Waals surface area contributed by atoms with Crippen LogP contribution in [0.15, 0.2) is 42.5 Å². The number of carbonyl (C=O) groups is 1. The van der Waals surface area contributed by atoms with Crippen LogP contribution >= 0.6 is 11.6 Å². The van der Waals surface area contributed by atoms with Crippen LogP contribution in [0.3, 0.4) is 0 Å². The molecule has 0 saturated carbocycles. The van der Waals surface area contributed by atoms with Crippen LogP contribution in [0.1, 0.15) is 35.1 Å². The minimum atomic E-state index is -0.197. The van der Waals surface area contributed by atoms with Gasteiger partial charge >= 0.3 is 6.03 Å². The zero-order valence-corrected chi connectivity index (χ0v) is 18.3. The van der Waals surface area contributed by atoms with Crippen LogP contribution in [0.4, 0.5) is 9.18 Å². The minimum Gasteiger partial charge on any atom is -0.336 e. The Morgan fingerprint density at radius 2 is 1.74 bits per heavy atom. The predicted octanol–water partition coefficient (Wildman–Crippen LogP) is 3.70. The number of benzene rings is 2. The van der Waals surface area contributed by atoms with Gasteiger partial charge in [0.05, 0.1) is 0 Å². The van der Waals surface area contributed by atoms with Crippen molar-refractivity contribution in [2.75, 3.05) is 52.4 Å². The van der Waals surface area contributed by atoms with Crippen molar-refractivity contribution in [3.63, 3.8) is 0 Å². The van der Waals surface area contributed by atoms with Gasteiger partial charge in [0, 0.05) is 69.3 Å². The van der Waals surface area contributed by atoms with E-state index in [1.54, 1.807) is 12.1 Å². The van der Waals surface area contributed by atoms with Crippen molar-refractivity contribution >= 4 is 17.6 Å². The van der Waals surface area contributed by atoms with Gasteiger partial charge in [0.2, 0.25) is 0 Å². The number of fused-ring (bicyclic) bond motifs is 1. The van der Waals surface area contributed by atoms with Gasteiger partial charge in [-0.3, -0.25) is 9.80 Å². The van der Waals surface area contributed by atoms with Gasteiger partial charge in [-0.25, -0.2) is 9.18 Å². The SMILES string of the molecule is O=C1NCCN1CCN1CCN([C@H]2C[C@H](c3ccc(F)cc3)c3ccc(Cl)cc32)CC1. The number of rotatable bonds is 5. The van der Waals surface area contributed by atoms with Crippen LogP contribution < -0.4 is 5.32 Å². The monoisotopic (exact) mass is 442 g/mol. The maximum Gasteiger partial charge on any atom is 0.317 e. The van der Waals surface area contributed by atoms with Crippen molar-refractivity contribution in [2.45, 2.75) is 18.4 Å². The average Bonchev–Trinajstić information content (AvgIpc) is 3.36. The first-order chi connectivity index (χ1) is 15.1. The molecule has 164 valence electrons. The van der Waals surface area contributed by atoms with Gasteiger partial charge < -0.3 is 10.2 Å². The number of carbonyl (C=O) groups excluding carboxylic acids is 1. The second kappa shape index (κ2) is 8.77. The van der Waals surface area contributed by atoms with E-state index in [4.69, 9.17) is 11.6 Å². The zero-order valence-electron chi connectivity index (χ0n) is 17.6. The van der Waals surface area contributed by atoms with Crippen molar-refractivity contribution in [1.29, 1.82) is 0 Å². The molecule has 2 amide bonds. The first-order valence-electron chi connectivity index (χ1n) is 11.1. The molecule has 3 aliphatic rings. The maximum absolute atomic E-state index is 13.5. The number of urea groups is 1. The molecule has 2 aliphatic heterocycles. The molecule has 2 atom stereocenters. The molecule has 1 N–H and O–H groups in total. The summed E-state index contributed by atoms with van der Waals surface area (Å²) in [5.74, 6) is 0.0711. The lowest BCUT2D eigenvalue weighted by molar-refractivity contribution is 0.0905. The molecule has 2 aromatic rings. The highest BCUT2D eigenvalue weighted by Crippen LogP contribution is 2.47. The molecule has 0 spiro atoms. The lowest BCUT2D eigenvalue weighted by Crippen LogP contribution is -2.49. The Balaban J connectivity index is 1.26. The van der Waals surface area contributed by atoms with E-state index in [1.807, 2.05) is 23.1 Å². The second-order valence-corrected chi connectivity index (χ2v) is 9.16. The van der Waals surface area contributed by atoms with E-state index < -0.39 is 0 Å². The van der Waals surface area contributed by atoms with Crippen LogP contribution in [0.5, 0.6) is 0 Å². The summed E-state index contributed by atoms with van der Waals surface area (Å²) in [5.41, 5.74) is 3.78. The van der Waals surface area contributed by atoms with Gasteiger partial charge in [0.1, 0.15) is 5.82 Å². The molecule has 2 heterocycles. The summed E-state index contributed by atoms with van der Waals surface area (Å²) in [4.78, 5) is 18.7. The number of piperazine rings is 1. The summed E-state index contributed by atoms with van der Waals surface area (Å²) in [7, 11) is 0. The molecule has 31 heavy (non-hydrogen) atoms. The fourth-order valence-electron chi connectivity index (χ4n) is 5.27. The molecule has 0 aromatic heterocycles. The first kappa shape index (κ1) is 20.7. The minimum absolute atomic E-state index is 0.0601. The Morgan fingerprint density at radius 3 is 2.45 bits per heavy atom. The molecule has 5 nitrogen and oxygen atoms in total. The molecule has 0 unspecified atom stereocenters. The molecule has 5 rings (SSSR count). The molecule has 0 radical (unpaired) electrons. The third-order valence-electron chi connectivity index (χ3n) is 6.99. The van der Waals surface area contributed by atoms with Crippen LogP contribution in [0.2, 0.25) is 5.02 Å². The smallest absolute Gasteiger partial charge is 0.317 e. The topological polar surface area (TPSA) is 38.8 Å². The highest BCUT2D eigenvalue weighted by Gasteiger charge is 2.36. The highest BCUT2D eigenvalue weighted by molar-refractivity contribution is 6.30. The van der Waals surface area contributed by atoms with Gasteiger partial charge in [-0.2, -0.15) is 0 Å². The number of nitrogens with zero attached hydrogens (tertiary/aromatic N) is 3. The molecule has 0 bridgehead atoms. The highest BCUT2D eigenvalue weighted by atomic mass is 35.5. The lowest BCUT2D eigenvalue weighted by Gasteiger charge is -2.39. The summed E-state index contributed by atoms with van der Waals surface area (Å²) in [6, 6.07) is 13.5. The van der Waals surface area contributed by atoms with Crippen LogP contribution in [-0.4, -0.2) is 73.1 Å². The van der Waals surface area contributed by atoms with Crippen molar-refractivity contribution in [3.05, 3.63) is 70.0 Å². The van der Waals surface area contributed by atoms with E-state index in [2.05, 4.69) is 27.2 Å². The van der Waals surface area contributed by atoms with Crippen LogP contribution in [-0.2, 0) is 0 Å². The van der Waals surface area contributed by atoms with Gasteiger partial charge in [0.25, 0.3) is 0 Å². The van der Waals surface area contributed by atoms with Gasteiger partial charge in [0.15, 0.2) is 0 Å². The van der Waals surface area contributed by atoms with E-state index in [1.165, 1.54) is 11.1 Å². The number of nitrogens with one attached hydrogen (secondary N) is 1. The largest absolute Gasteiger partial charge is 0.336 e. The summed E-state index contributed by atoms with van der Waals surface area (Å²) < 4.78 is 13.5. The standard InChI is InChI=1S/C24H28ClFN4O/c25-18-3-6-20-21(17-1-4-19(26)5-2-17)16-23(22(20)15-18)29-12-9-28(10-13-29)11-14-30-8-7-27-24(30)31/h1-6,15,21,23H,7-14,16H2,(H,27,31)/t21-,23+/m1/s1. The fourth-order valence-corrected chi connectivity index (χ4v) is 5.45. The Kier molecular flexibility index (Phi) is 5.87. The van der Waals surface area contributed by atoms with Gasteiger partial charge in [-0.05, 0) is 47.4 Å². The number of amides is 2. The molecule has 1 aliphatic carbocycles. The predicted molar refractivity (Wildman–Crippen MR) is 120 cm³/mol. The second-order valence-electron chi connectivity index (χ2n) is 8.73. The molecule has 2 aromatic carbocycles. The van der Waals surface area contributed by atoms with E-state index in [9.17, 15) is 9.18 Å². The third-order valence-corrected chi connectivity index (χ3v) is 7.23. The average molecular weight is 443 g/mol. The number of hydrogen-bond donors (Lipinski definition) is 1. The van der Waals surface area contributed by atoms with E-state index in [-0.39, 0.29) is 17.8 Å². The Hall–Kier alpha value is -2.15. The molecule has 2 saturated heterocycles. The van der Waals surface area contributed by atoms with E-state index in [0.29, 0.717) is 6.04 Å². The number of halogens is 2. The first-order valence-corrected chi connectivity index (χ1v) is 11.5. The van der Waals surface area contributed by atoms with Crippen molar-refractivity contribution in [3.8, 4) is 0 Å². The van der Waals surface area contributed by atoms with Crippen molar-refractivity contribution in [1.82, 2.24) is 20.0 Å². The van der Waals surface area contributed by atoms with E-state index >= 15 is 0 Å². The summed E-state index contributed by atoms with van der Waals surface area (Å²) >= 11 is 6.37. The molecular formula is C24H28ClFN4O. The normalized spacial score (nSPS) is 24.5. The summed E-state index contributed by atoms with van der Waals surface area (Å²) in [6.45, 7) is 7.28. The molecule has 2 fully saturated rings. The Labute approximate surface area is 187 Å². The maximum atomic E-state index is 13.5. The zero-order chi connectivity index (χ0) is 21.4. The molecule has 7 heteroatoms. The van der Waals surface area contributed by atoms with E-state index in [0.717, 1.165) is 69.4 Å². The molecular weight excluding hydrogens is 415 g/mol. The fraction of sp³-hybridized carbons (Fsp3) is 0.458. The van der Waals surface area contributed by atoms with Gasteiger partial charge in [-0.1, -0.05) is 29.8 Å². The summed E-state index contributed by atoms with van der Waals surface area (Å²) in [6.07, 6.45) is 0.995. The Bertz CT molecular complexity index is 945. The van der Waals surface area contributed by atoms with Crippen molar-refractivity contribution in [2.24, 2.45) is 0 Å². The van der Waals surface area contributed by atoms with Crippen molar-refractivity contribution < 1.29 is 9.18 Å². The lowest BCUT2D eigenvalue weighted by atomic mass is 9.93. The van der Waals surface area contributed by atoms with Crippen LogP contribution in [0.25, 0.3) is 0 Å².